The van der Waals surface area contributed by atoms with Crippen LogP contribution in [-0.4, -0.2) is 27.2 Å². The lowest BCUT2D eigenvalue weighted by molar-refractivity contribution is 0.0723. The molecule has 5 rings (SSSR count). The number of furan rings is 1. The molecule has 146 valence electrons. The highest BCUT2D eigenvalue weighted by molar-refractivity contribution is 5.93. The molecule has 29 heavy (non-hydrogen) atoms. The highest BCUT2D eigenvalue weighted by Gasteiger charge is 2.22. The molecule has 0 bridgehead atoms. The molecule has 7 heteroatoms. The molecule has 2 aromatic carbocycles. The molecule has 1 amide bonds. The Bertz CT molecular complexity index is 1180. The van der Waals surface area contributed by atoms with E-state index in [0.29, 0.717) is 24.4 Å². The van der Waals surface area contributed by atoms with Gasteiger partial charge < -0.3 is 23.4 Å². The SMILES string of the molecule is Cn1c(CN(Cc2ccc3c(c2)OCO3)C(=O)c2ccoc2)nc2ccccc21. The smallest absolute Gasteiger partial charge is 0.257 e. The zero-order valence-corrected chi connectivity index (χ0v) is 15.9. The standard InChI is InChI=1S/C22H19N3O4/c1-24-18-5-3-2-4-17(18)23-21(24)12-25(22(26)16-8-9-27-13-16)11-15-6-7-19-20(10-15)29-14-28-19/h2-10,13H,11-12,14H2,1H3. The van der Waals surface area contributed by atoms with Crippen LogP contribution >= 0.6 is 0 Å². The van der Waals surface area contributed by atoms with Crippen molar-refractivity contribution in [1.82, 2.24) is 14.5 Å². The molecule has 0 atom stereocenters. The number of hydrogen-bond donors (Lipinski definition) is 0. The van der Waals surface area contributed by atoms with Gasteiger partial charge in [-0.05, 0) is 35.9 Å². The monoisotopic (exact) mass is 389 g/mol. The number of para-hydroxylation sites is 2. The Hall–Kier alpha value is -3.74. The van der Waals surface area contributed by atoms with E-state index in [2.05, 4.69) is 0 Å². The number of fused-ring (bicyclic) bond motifs is 2. The van der Waals surface area contributed by atoms with Crippen molar-refractivity contribution in [3.05, 3.63) is 78.0 Å². The second-order valence-corrected chi connectivity index (χ2v) is 6.94. The summed E-state index contributed by atoms with van der Waals surface area (Å²) < 4.78 is 18.0. The van der Waals surface area contributed by atoms with Crippen molar-refractivity contribution in [3.8, 4) is 11.5 Å². The van der Waals surface area contributed by atoms with Gasteiger partial charge in [0.1, 0.15) is 12.1 Å². The lowest BCUT2D eigenvalue weighted by Crippen LogP contribution is -2.31. The van der Waals surface area contributed by atoms with E-state index in [4.69, 9.17) is 18.9 Å². The molecule has 1 aliphatic heterocycles. The van der Waals surface area contributed by atoms with Crippen molar-refractivity contribution < 1.29 is 18.7 Å². The number of amides is 1. The number of carbonyl (C=O) groups is 1. The van der Waals surface area contributed by atoms with E-state index < -0.39 is 0 Å². The van der Waals surface area contributed by atoms with Crippen molar-refractivity contribution in [3.63, 3.8) is 0 Å². The molecule has 3 heterocycles. The van der Waals surface area contributed by atoms with Crippen molar-refractivity contribution in [2.75, 3.05) is 6.79 Å². The minimum atomic E-state index is -0.122. The fourth-order valence-electron chi connectivity index (χ4n) is 3.54. The summed E-state index contributed by atoms with van der Waals surface area (Å²) >= 11 is 0. The maximum atomic E-state index is 13.1. The van der Waals surface area contributed by atoms with Crippen molar-refractivity contribution in [2.24, 2.45) is 7.05 Å². The molecule has 4 aromatic rings. The molecule has 0 aliphatic carbocycles. The molecule has 0 radical (unpaired) electrons. The van der Waals surface area contributed by atoms with Gasteiger partial charge in [0, 0.05) is 13.6 Å². The van der Waals surface area contributed by atoms with Gasteiger partial charge in [0.05, 0.1) is 29.4 Å². The molecule has 0 saturated heterocycles. The average Bonchev–Trinajstić information content (AvgIpc) is 3.48. The number of imidazole rings is 1. The van der Waals surface area contributed by atoms with Crippen LogP contribution in [0.3, 0.4) is 0 Å². The van der Waals surface area contributed by atoms with Crippen LogP contribution in [0.25, 0.3) is 11.0 Å². The Labute approximate surface area is 167 Å². The van der Waals surface area contributed by atoms with Crippen LogP contribution in [0.5, 0.6) is 11.5 Å². The quantitative estimate of drug-likeness (QED) is 0.520. The van der Waals surface area contributed by atoms with E-state index in [9.17, 15) is 4.79 Å². The fraction of sp³-hybridized carbons (Fsp3) is 0.182. The van der Waals surface area contributed by atoms with E-state index in [1.54, 1.807) is 11.0 Å². The zero-order valence-electron chi connectivity index (χ0n) is 15.9. The fourth-order valence-corrected chi connectivity index (χ4v) is 3.54. The number of nitrogens with zero attached hydrogens (tertiary/aromatic N) is 3. The van der Waals surface area contributed by atoms with Crippen LogP contribution in [-0.2, 0) is 20.1 Å². The van der Waals surface area contributed by atoms with Gasteiger partial charge in [-0.1, -0.05) is 18.2 Å². The lowest BCUT2D eigenvalue weighted by atomic mass is 10.1. The van der Waals surface area contributed by atoms with E-state index in [1.807, 2.05) is 54.1 Å². The predicted octanol–water partition coefficient (Wildman–Crippen LogP) is 3.74. The van der Waals surface area contributed by atoms with Gasteiger partial charge in [-0.15, -0.1) is 0 Å². The second-order valence-electron chi connectivity index (χ2n) is 6.94. The maximum absolute atomic E-state index is 13.1. The number of rotatable bonds is 5. The Kier molecular flexibility index (Phi) is 4.20. The van der Waals surface area contributed by atoms with Crippen molar-refractivity contribution in [1.29, 1.82) is 0 Å². The van der Waals surface area contributed by atoms with Crippen LogP contribution in [0.15, 0.2) is 65.5 Å². The molecule has 7 nitrogen and oxygen atoms in total. The Balaban J connectivity index is 1.48. The van der Waals surface area contributed by atoms with Crippen molar-refractivity contribution >= 4 is 16.9 Å². The van der Waals surface area contributed by atoms with Gasteiger partial charge in [0.2, 0.25) is 6.79 Å². The molecule has 0 saturated carbocycles. The third-order valence-corrected chi connectivity index (χ3v) is 5.08. The Morgan fingerprint density at radius 1 is 1.10 bits per heavy atom. The summed E-state index contributed by atoms with van der Waals surface area (Å²) in [6.07, 6.45) is 2.96. The van der Waals surface area contributed by atoms with Crippen LogP contribution in [0.2, 0.25) is 0 Å². The topological polar surface area (TPSA) is 69.7 Å². The number of hydrogen-bond acceptors (Lipinski definition) is 5. The molecule has 0 spiro atoms. The second kappa shape index (κ2) is 7.01. The van der Waals surface area contributed by atoms with Crippen LogP contribution < -0.4 is 9.47 Å². The zero-order chi connectivity index (χ0) is 19.8. The molecule has 0 N–H and O–H groups in total. The first-order chi connectivity index (χ1) is 14.2. The molecular formula is C22H19N3O4. The normalized spacial score (nSPS) is 12.4. The van der Waals surface area contributed by atoms with Gasteiger partial charge >= 0.3 is 0 Å². The number of carbonyl (C=O) groups excluding carboxylic acids is 1. The molecular weight excluding hydrogens is 370 g/mol. The summed E-state index contributed by atoms with van der Waals surface area (Å²) in [6.45, 7) is 0.990. The summed E-state index contributed by atoms with van der Waals surface area (Å²) in [4.78, 5) is 19.6. The Morgan fingerprint density at radius 2 is 1.97 bits per heavy atom. The van der Waals surface area contributed by atoms with Gasteiger partial charge in [0.15, 0.2) is 11.5 Å². The van der Waals surface area contributed by atoms with E-state index in [1.165, 1.54) is 12.5 Å². The lowest BCUT2D eigenvalue weighted by Gasteiger charge is -2.22. The van der Waals surface area contributed by atoms with Crippen LogP contribution in [0.4, 0.5) is 0 Å². The van der Waals surface area contributed by atoms with Gasteiger partial charge in [0.25, 0.3) is 5.91 Å². The molecule has 0 fully saturated rings. The third kappa shape index (κ3) is 3.20. The number of benzene rings is 2. The maximum Gasteiger partial charge on any atom is 0.257 e. The highest BCUT2D eigenvalue weighted by Crippen LogP contribution is 2.33. The first-order valence-corrected chi connectivity index (χ1v) is 9.29. The third-order valence-electron chi connectivity index (χ3n) is 5.08. The van der Waals surface area contributed by atoms with Gasteiger partial charge in [-0.2, -0.15) is 0 Å². The summed E-state index contributed by atoms with van der Waals surface area (Å²) in [7, 11) is 1.96. The average molecular weight is 389 g/mol. The van der Waals surface area contributed by atoms with Crippen molar-refractivity contribution in [2.45, 2.75) is 13.1 Å². The minimum absolute atomic E-state index is 0.122. The van der Waals surface area contributed by atoms with Crippen LogP contribution in [0.1, 0.15) is 21.7 Å². The largest absolute Gasteiger partial charge is 0.472 e. The molecule has 2 aromatic heterocycles. The van der Waals surface area contributed by atoms with E-state index in [-0.39, 0.29) is 12.7 Å². The Morgan fingerprint density at radius 3 is 2.79 bits per heavy atom. The summed E-state index contributed by atoms with van der Waals surface area (Å²) in [5, 5.41) is 0. The number of aromatic nitrogens is 2. The van der Waals surface area contributed by atoms with E-state index in [0.717, 1.165) is 28.2 Å². The summed E-state index contributed by atoms with van der Waals surface area (Å²) in [6, 6.07) is 15.3. The first-order valence-electron chi connectivity index (χ1n) is 9.29. The van der Waals surface area contributed by atoms with Gasteiger partial charge in [-0.3, -0.25) is 4.79 Å². The van der Waals surface area contributed by atoms with Gasteiger partial charge in [-0.25, -0.2) is 4.98 Å². The van der Waals surface area contributed by atoms with Crippen LogP contribution in [0, 0.1) is 0 Å². The predicted molar refractivity (Wildman–Crippen MR) is 106 cm³/mol. The number of aryl methyl sites for hydroxylation is 1. The first kappa shape index (κ1) is 17.4. The highest BCUT2D eigenvalue weighted by atomic mass is 16.7. The minimum Gasteiger partial charge on any atom is -0.472 e. The molecule has 0 unspecified atom stereocenters. The van der Waals surface area contributed by atoms with E-state index >= 15 is 0 Å². The number of ether oxygens (including phenoxy) is 2. The summed E-state index contributed by atoms with van der Waals surface area (Å²) in [5.74, 6) is 2.10. The summed E-state index contributed by atoms with van der Waals surface area (Å²) in [5.41, 5.74) is 3.39. The molecule has 1 aliphatic rings.